The maximum Gasteiger partial charge on any atom is 0.410 e. The molecule has 1 fully saturated rings. The molecule has 4 heterocycles. The lowest BCUT2D eigenvalue weighted by Crippen LogP contribution is -2.54. The fourth-order valence-electron chi connectivity index (χ4n) is 5.88. The molecule has 42 heavy (non-hydrogen) atoms. The molecule has 5 atom stereocenters. The Morgan fingerprint density at radius 1 is 1.26 bits per heavy atom. The lowest BCUT2D eigenvalue weighted by molar-refractivity contribution is -0.162. The van der Waals surface area contributed by atoms with Crippen molar-refractivity contribution < 1.29 is 42.8 Å². The molecule has 5 rings (SSSR count). The number of hydrogen-bond acceptors (Lipinski definition) is 9. The average molecular weight is 594 g/mol. The van der Waals surface area contributed by atoms with Crippen molar-refractivity contribution in [2.24, 2.45) is 0 Å². The van der Waals surface area contributed by atoms with Crippen molar-refractivity contribution in [1.29, 1.82) is 0 Å². The van der Waals surface area contributed by atoms with E-state index in [1.54, 1.807) is 26.8 Å². The molecule has 2 aromatic heterocycles. The summed E-state index contributed by atoms with van der Waals surface area (Å²) < 4.78 is 56.3. The summed E-state index contributed by atoms with van der Waals surface area (Å²) in [6, 6.07) is 2.42. The molecule has 1 amide bonds. The van der Waals surface area contributed by atoms with Crippen LogP contribution in [0.5, 0.6) is 0 Å². The number of fused-ring (bicyclic) bond motifs is 2. The highest BCUT2D eigenvalue weighted by Gasteiger charge is 2.60. The predicted molar refractivity (Wildman–Crippen MR) is 144 cm³/mol. The van der Waals surface area contributed by atoms with Gasteiger partial charge in [0.25, 0.3) is 6.43 Å². The van der Waals surface area contributed by atoms with E-state index < -0.39 is 59.1 Å². The molecule has 0 aliphatic carbocycles. The summed E-state index contributed by atoms with van der Waals surface area (Å²) in [4.78, 5) is 22.3. The minimum atomic E-state index is -3.21. The Morgan fingerprint density at radius 2 is 1.95 bits per heavy atom. The van der Waals surface area contributed by atoms with E-state index in [0.717, 1.165) is 6.07 Å². The number of nitrogen functional groups attached to an aromatic ring is 1. The predicted octanol–water partition coefficient (Wildman–Crippen LogP) is 3.30. The quantitative estimate of drug-likeness (QED) is 0.357. The first kappa shape index (κ1) is 30.0. The summed E-state index contributed by atoms with van der Waals surface area (Å²) in [6.45, 7) is 7.26. The number of aliphatic hydroxyl groups is 3. The van der Waals surface area contributed by atoms with Gasteiger partial charge >= 0.3 is 6.09 Å². The van der Waals surface area contributed by atoms with Gasteiger partial charge in [0.1, 0.15) is 52.6 Å². The van der Waals surface area contributed by atoms with Crippen LogP contribution in [0.15, 0.2) is 24.7 Å². The van der Waals surface area contributed by atoms with Gasteiger partial charge in [-0.2, -0.15) is 0 Å². The zero-order valence-electron chi connectivity index (χ0n) is 23.8. The summed E-state index contributed by atoms with van der Waals surface area (Å²) in [6.07, 6.45) is -5.83. The topological polar surface area (TPSA) is 156 Å². The fraction of sp³-hybridized carbons (Fsp3) is 0.536. The summed E-state index contributed by atoms with van der Waals surface area (Å²) in [5, 5.41) is 35.2. The average Bonchev–Trinajstić information content (AvgIpc) is 3.42. The number of carbonyl (C=O) groups is 1. The number of nitrogens with two attached hydrogens (primary N) is 1. The van der Waals surface area contributed by atoms with Crippen LogP contribution in [0, 0.1) is 5.82 Å². The van der Waals surface area contributed by atoms with Crippen LogP contribution in [0.1, 0.15) is 69.5 Å². The van der Waals surface area contributed by atoms with E-state index in [1.807, 2.05) is 0 Å². The monoisotopic (exact) mass is 593 g/mol. The summed E-state index contributed by atoms with van der Waals surface area (Å²) in [7, 11) is 0. The van der Waals surface area contributed by atoms with E-state index in [-0.39, 0.29) is 47.7 Å². The normalized spacial score (nSPS) is 26.0. The number of halogens is 3. The molecular formula is C28H34F3N5O6. The Kier molecular flexibility index (Phi) is 7.20. The Morgan fingerprint density at radius 3 is 2.60 bits per heavy atom. The van der Waals surface area contributed by atoms with Gasteiger partial charge in [0.15, 0.2) is 6.23 Å². The van der Waals surface area contributed by atoms with Gasteiger partial charge in [0.05, 0.1) is 10.9 Å². The Balaban J connectivity index is 1.59. The van der Waals surface area contributed by atoms with E-state index in [2.05, 4.69) is 9.97 Å². The van der Waals surface area contributed by atoms with Crippen LogP contribution in [0.4, 0.5) is 23.8 Å². The minimum absolute atomic E-state index is 0.00275. The van der Waals surface area contributed by atoms with Gasteiger partial charge in [0.2, 0.25) is 0 Å². The van der Waals surface area contributed by atoms with Gasteiger partial charge in [-0.05, 0) is 69.9 Å². The minimum Gasteiger partial charge on any atom is -0.444 e. The zero-order valence-corrected chi connectivity index (χ0v) is 23.8. The van der Waals surface area contributed by atoms with E-state index in [4.69, 9.17) is 15.2 Å². The summed E-state index contributed by atoms with van der Waals surface area (Å²) >= 11 is 0. The highest BCUT2D eigenvalue weighted by molar-refractivity contribution is 5.86. The maximum atomic E-state index is 15.4. The number of alkyl halides is 2. The van der Waals surface area contributed by atoms with Crippen molar-refractivity contribution in [1.82, 2.24) is 19.4 Å². The Hall–Kier alpha value is -3.46. The van der Waals surface area contributed by atoms with E-state index >= 15 is 4.39 Å². The second kappa shape index (κ2) is 10.1. The molecule has 14 heteroatoms. The molecule has 5 N–H and O–H groups in total. The molecule has 0 spiro atoms. The Bertz CT molecular complexity index is 1540. The van der Waals surface area contributed by atoms with Crippen LogP contribution in [0.2, 0.25) is 0 Å². The largest absolute Gasteiger partial charge is 0.444 e. The van der Waals surface area contributed by atoms with E-state index in [9.17, 15) is 28.9 Å². The molecule has 1 unspecified atom stereocenters. The lowest BCUT2D eigenvalue weighted by Gasteiger charge is -2.40. The highest BCUT2D eigenvalue weighted by atomic mass is 19.3. The van der Waals surface area contributed by atoms with Crippen LogP contribution >= 0.6 is 0 Å². The number of rotatable bonds is 4. The second-order valence-electron chi connectivity index (χ2n) is 12.2. The smallest absolute Gasteiger partial charge is 0.410 e. The number of aliphatic hydroxyl groups excluding tert-OH is 1. The number of ether oxygens (including phenoxy) is 2. The molecule has 0 bridgehead atoms. The Labute approximate surface area is 239 Å². The number of anilines is 1. The highest BCUT2D eigenvalue weighted by Crippen LogP contribution is 2.48. The molecule has 2 aliphatic rings. The number of nitrogens with zero attached hydrogens (tertiary/aromatic N) is 4. The molecule has 1 aromatic carbocycles. The second-order valence-corrected chi connectivity index (χ2v) is 12.2. The van der Waals surface area contributed by atoms with Crippen LogP contribution in [0.3, 0.4) is 0 Å². The number of carbonyl (C=O) groups excluding carboxylic acids is 1. The molecule has 3 aromatic rings. The van der Waals surface area contributed by atoms with Crippen LogP contribution in [-0.2, 0) is 28.0 Å². The third kappa shape index (κ3) is 4.85. The lowest BCUT2D eigenvalue weighted by atomic mass is 9.76. The molecule has 11 nitrogen and oxygen atoms in total. The van der Waals surface area contributed by atoms with Gasteiger partial charge < -0.3 is 40.0 Å². The van der Waals surface area contributed by atoms with Crippen molar-refractivity contribution in [2.75, 3.05) is 12.3 Å². The number of hydrogen-bond donors (Lipinski definition) is 4. The van der Waals surface area contributed by atoms with Crippen LogP contribution < -0.4 is 5.73 Å². The SMILES string of the molecule is CC(C)(C)OC(=O)N1CCc2c(F)c(C(F)F)cc(C(C)(O)[C@H]3O[C@@H](n4ccc5c(N)ncnc54)[C@H](O)[C@]3(C)O)c2C1. The molecule has 0 radical (unpaired) electrons. The number of benzene rings is 1. The van der Waals surface area contributed by atoms with Gasteiger partial charge in [-0.15, -0.1) is 0 Å². The third-order valence-electron chi connectivity index (χ3n) is 7.92. The first-order chi connectivity index (χ1) is 19.4. The van der Waals surface area contributed by atoms with Crippen molar-refractivity contribution in [2.45, 2.75) is 89.2 Å². The van der Waals surface area contributed by atoms with Gasteiger partial charge in [-0.3, -0.25) is 0 Å². The van der Waals surface area contributed by atoms with Crippen molar-refractivity contribution in [3.8, 4) is 0 Å². The van der Waals surface area contributed by atoms with Gasteiger partial charge in [-0.25, -0.2) is 27.9 Å². The fourth-order valence-corrected chi connectivity index (χ4v) is 5.88. The maximum absolute atomic E-state index is 15.4. The zero-order chi connectivity index (χ0) is 30.9. The van der Waals surface area contributed by atoms with Crippen molar-refractivity contribution >= 4 is 22.9 Å². The van der Waals surface area contributed by atoms with Gasteiger partial charge in [0, 0.05) is 19.3 Å². The van der Waals surface area contributed by atoms with E-state index in [1.165, 1.54) is 35.8 Å². The third-order valence-corrected chi connectivity index (χ3v) is 7.92. The molecule has 1 saturated heterocycles. The van der Waals surface area contributed by atoms with Crippen molar-refractivity contribution in [3.63, 3.8) is 0 Å². The number of aromatic nitrogens is 3. The molecular weight excluding hydrogens is 559 g/mol. The van der Waals surface area contributed by atoms with Gasteiger partial charge in [-0.1, -0.05) is 0 Å². The summed E-state index contributed by atoms with van der Waals surface area (Å²) in [5.74, 6) is -0.954. The van der Waals surface area contributed by atoms with Crippen molar-refractivity contribution in [3.05, 3.63) is 52.7 Å². The van der Waals surface area contributed by atoms with Crippen LogP contribution in [-0.4, -0.2) is 70.8 Å². The first-order valence-corrected chi connectivity index (χ1v) is 13.4. The molecule has 228 valence electrons. The molecule has 2 aliphatic heterocycles. The number of amides is 1. The molecule has 0 saturated carbocycles. The first-order valence-electron chi connectivity index (χ1n) is 13.4. The van der Waals surface area contributed by atoms with Crippen LogP contribution in [0.25, 0.3) is 11.0 Å². The standard InChI is InChI=1S/C28H34F3N5O6/c1-26(2,3)42-25(38)35-8-6-13-16(11-35)17(10-15(18(13)29)20(30)31)27(4,39)24-28(5,40)19(37)23(41-24)36-9-7-14-21(32)33-12-34-22(14)36/h7,9-10,12,19-20,23-24,37,39-40H,6,8,11H2,1-5H3,(H2,32,33,34)/t19-,23+,24+,27?,28-/m0/s1. The van der Waals surface area contributed by atoms with E-state index in [0.29, 0.717) is 5.39 Å². The summed E-state index contributed by atoms with van der Waals surface area (Å²) in [5.41, 5.74) is -0.134.